The molecular weight excluding hydrogens is 523 g/mol. The van der Waals surface area contributed by atoms with Crippen LogP contribution in [0.5, 0.6) is 11.5 Å². The summed E-state index contributed by atoms with van der Waals surface area (Å²) in [5.41, 5.74) is 0.461. The summed E-state index contributed by atoms with van der Waals surface area (Å²) >= 11 is 6.47. The molecule has 1 saturated carbocycles. The number of carbonyl (C=O) groups excluding carboxylic acids is 1. The van der Waals surface area contributed by atoms with Crippen LogP contribution in [0.15, 0.2) is 12.3 Å². The maximum atomic E-state index is 15.1. The van der Waals surface area contributed by atoms with Gasteiger partial charge in [0.1, 0.15) is 22.3 Å². The second-order valence-corrected chi connectivity index (χ2v) is 11.1. The summed E-state index contributed by atoms with van der Waals surface area (Å²) in [6, 6.07) is 1.72. The van der Waals surface area contributed by atoms with Crippen molar-refractivity contribution in [3.05, 3.63) is 28.7 Å². The Kier molecular flexibility index (Phi) is 9.38. The first-order valence-corrected chi connectivity index (χ1v) is 14.3. The molecule has 2 amide bonds. The second kappa shape index (κ2) is 12.6. The molecule has 2 N–H and O–H groups in total. The van der Waals surface area contributed by atoms with E-state index in [0.29, 0.717) is 29.4 Å². The SMILES string of the molecule is CCOc1cc(O)c(F)c(N2Cc3cnc(NCCCCCN(C(C)C)C(C)C)nc3N(C3CC3)C2=O)c1Cl. The predicted octanol–water partition coefficient (Wildman–Crippen LogP) is 6.18. The summed E-state index contributed by atoms with van der Waals surface area (Å²) < 4.78 is 20.6. The topological polar surface area (TPSA) is 94.1 Å². The van der Waals surface area contributed by atoms with Crippen LogP contribution < -0.4 is 19.9 Å². The summed E-state index contributed by atoms with van der Waals surface area (Å²) in [6.45, 7) is 12.8. The Morgan fingerprint density at radius 3 is 2.59 bits per heavy atom. The molecule has 0 saturated heterocycles. The minimum atomic E-state index is -0.972. The van der Waals surface area contributed by atoms with Crippen molar-refractivity contribution in [2.75, 3.05) is 34.8 Å². The van der Waals surface area contributed by atoms with Crippen molar-refractivity contribution >= 4 is 35.1 Å². The largest absolute Gasteiger partial charge is 0.505 e. The lowest BCUT2D eigenvalue weighted by Gasteiger charge is -2.37. The number of amides is 2. The Labute approximate surface area is 235 Å². The average Bonchev–Trinajstić information content (AvgIpc) is 3.72. The molecule has 2 aromatic rings. The second-order valence-electron chi connectivity index (χ2n) is 10.7. The molecule has 1 aliphatic carbocycles. The van der Waals surface area contributed by atoms with Crippen molar-refractivity contribution in [2.45, 2.75) is 91.4 Å². The fraction of sp³-hybridized carbons (Fsp3) is 0.607. The smallest absolute Gasteiger partial charge is 0.330 e. The van der Waals surface area contributed by atoms with E-state index in [9.17, 15) is 9.90 Å². The third kappa shape index (κ3) is 6.49. The van der Waals surface area contributed by atoms with Crippen molar-refractivity contribution in [1.29, 1.82) is 0 Å². The van der Waals surface area contributed by atoms with Crippen molar-refractivity contribution < 1.29 is 19.0 Å². The highest BCUT2D eigenvalue weighted by atomic mass is 35.5. The third-order valence-electron chi connectivity index (χ3n) is 7.14. The summed E-state index contributed by atoms with van der Waals surface area (Å²) in [5, 5.41) is 13.4. The number of carbonyl (C=O) groups is 1. The maximum Gasteiger partial charge on any atom is 0.330 e. The molecule has 0 atom stereocenters. The lowest BCUT2D eigenvalue weighted by molar-refractivity contribution is 0.171. The summed E-state index contributed by atoms with van der Waals surface area (Å²) in [4.78, 5) is 28.1. The first kappa shape index (κ1) is 29.1. The van der Waals surface area contributed by atoms with Crippen LogP contribution in [0.25, 0.3) is 0 Å². The first-order chi connectivity index (χ1) is 18.6. The maximum absolute atomic E-state index is 15.1. The molecule has 214 valence electrons. The number of benzene rings is 1. The van der Waals surface area contributed by atoms with E-state index in [1.165, 1.54) is 4.90 Å². The number of nitrogens with one attached hydrogen (secondary N) is 1. The van der Waals surface area contributed by atoms with Crippen LogP contribution in [0, 0.1) is 5.82 Å². The predicted molar refractivity (Wildman–Crippen MR) is 153 cm³/mol. The van der Waals surface area contributed by atoms with Crippen molar-refractivity contribution in [2.24, 2.45) is 0 Å². The van der Waals surface area contributed by atoms with Crippen LogP contribution in [0.3, 0.4) is 0 Å². The molecule has 4 rings (SSSR count). The lowest BCUT2D eigenvalue weighted by atomic mass is 10.1. The number of ether oxygens (including phenoxy) is 1. The fourth-order valence-electron chi connectivity index (χ4n) is 5.09. The summed E-state index contributed by atoms with van der Waals surface area (Å²) in [5.74, 6) is -0.498. The van der Waals surface area contributed by atoms with Gasteiger partial charge in [-0.05, 0) is 66.8 Å². The Morgan fingerprint density at radius 2 is 1.95 bits per heavy atom. The fourth-order valence-corrected chi connectivity index (χ4v) is 5.38. The quantitative estimate of drug-likeness (QED) is 0.281. The third-order valence-corrected chi connectivity index (χ3v) is 7.51. The number of urea groups is 1. The molecule has 9 nitrogen and oxygen atoms in total. The molecule has 0 spiro atoms. The number of phenolic OH excluding ortho intramolecular Hbond substituents is 1. The number of hydrogen-bond acceptors (Lipinski definition) is 7. The van der Waals surface area contributed by atoms with Gasteiger partial charge in [0.25, 0.3) is 0 Å². The van der Waals surface area contributed by atoms with Crippen LogP contribution in [0.1, 0.15) is 72.3 Å². The molecule has 39 heavy (non-hydrogen) atoms. The molecule has 0 unspecified atom stereocenters. The highest BCUT2D eigenvalue weighted by Crippen LogP contribution is 2.45. The number of fused-ring (bicyclic) bond motifs is 1. The Bertz CT molecular complexity index is 1170. The number of phenols is 1. The molecule has 11 heteroatoms. The number of halogens is 2. The van der Waals surface area contributed by atoms with Gasteiger partial charge >= 0.3 is 6.03 Å². The molecule has 0 radical (unpaired) electrons. The number of aromatic nitrogens is 2. The van der Waals surface area contributed by atoms with Gasteiger partial charge in [-0.15, -0.1) is 0 Å². The molecule has 1 aromatic carbocycles. The van der Waals surface area contributed by atoms with Gasteiger partial charge in [0, 0.05) is 42.5 Å². The first-order valence-electron chi connectivity index (χ1n) is 13.9. The van der Waals surface area contributed by atoms with Gasteiger partial charge in [0.05, 0.1) is 13.2 Å². The van der Waals surface area contributed by atoms with Crippen molar-refractivity contribution in [3.8, 4) is 11.5 Å². The minimum Gasteiger partial charge on any atom is -0.505 e. The van der Waals surface area contributed by atoms with E-state index in [2.05, 4.69) is 47.9 Å². The van der Waals surface area contributed by atoms with Gasteiger partial charge in [-0.25, -0.2) is 14.2 Å². The van der Waals surface area contributed by atoms with Gasteiger partial charge in [-0.1, -0.05) is 18.0 Å². The van der Waals surface area contributed by atoms with Gasteiger partial charge in [0.15, 0.2) is 11.6 Å². The highest BCUT2D eigenvalue weighted by molar-refractivity contribution is 6.35. The van der Waals surface area contributed by atoms with E-state index in [1.807, 2.05) is 0 Å². The number of unbranched alkanes of at least 4 members (excludes halogenated alkanes) is 2. The van der Waals surface area contributed by atoms with Crippen molar-refractivity contribution in [1.82, 2.24) is 14.9 Å². The molecule has 0 bridgehead atoms. The van der Waals surface area contributed by atoms with Crippen LogP contribution in [0.2, 0.25) is 5.02 Å². The van der Waals surface area contributed by atoms with E-state index >= 15 is 4.39 Å². The number of aromatic hydroxyl groups is 1. The van der Waals surface area contributed by atoms with E-state index in [0.717, 1.165) is 51.3 Å². The molecule has 1 aliphatic heterocycles. The number of anilines is 3. The van der Waals surface area contributed by atoms with Gasteiger partial charge < -0.3 is 15.2 Å². The normalized spacial score (nSPS) is 15.5. The molecule has 1 fully saturated rings. The lowest BCUT2D eigenvalue weighted by Crippen LogP contribution is -2.49. The van der Waals surface area contributed by atoms with Gasteiger partial charge in [0.2, 0.25) is 5.95 Å². The van der Waals surface area contributed by atoms with Crippen LogP contribution in [-0.2, 0) is 6.54 Å². The van der Waals surface area contributed by atoms with E-state index < -0.39 is 17.6 Å². The molecular formula is C28H40ClFN6O3. The number of nitrogens with zero attached hydrogens (tertiary/aromatic N) is 5. The Hall–Kier alpha value is -2.85. The van der Waals surface area contributed by atoms with Crippen molar-refractivity contribution in [3.63, 3.8) is 0 Å². The monoisotopic (exact) mass is 562 g/mol. The Morgan fingerprint density at radius 1 is 1.23 bits per heavy atom. The zero-order valence-electron chi connectivity index (χ0n) is 23.5. The average molecular weight is 563 g/mol. The van der Waals surface area contributed by atoms with Gasteiger partial charge in [-0.2, -0.15) is 4.98 Å². The van der Waals surface area contributed by atoms with Crippen LogP contribution in [-0.4, -0.2) is 63.8 Å². The zero-order chi connectivity index (χ0) is 28.3. The molecule has 2 heterocycles. The number of rotatable bonds is 13. The summed E-state index contributed by atoms with van der Waals surface area (Å²) in [7, 11) is 0. The van der Waals surface area contributed by atoms with Crippen LogP contribution in [0.4, 0.5) is 26.6 Å². The molecule has 2 aliphatic rings. The minimum absolute atomic E-state index is 0.0194. The van der Waals surface area contributed by atoms with E-state index in [-0.39, 0.29) is 35.7 Å². The van der Waals surface area contributed by atoms with Crippen LogP contribution >= 0.6 is 11.6 Å². The van der Waals surface area contributed by atoms with E-state index in [1.54, 1.807) is 18.0 Å². The summed E-state index contributed by atoms with van der Waals surface area (Å²) in [6.07, 6.45) is 6.53. The zero-order valence-corrected chi connectivity index (χ0v) is 24.3. The Balaban J connectivity index is 1.46. The standard InChI is InChI=1S/C28H40ClFN6O3/c1-6-39-22-14-21(37)24(30)25(23(22)29)35-16-19-15-32-27(33-26(19)36(28(35)38)20-10-11-20)31-12-8-7-9-13-34(17(2)3)18(4)5/h14-15,17-18,20,37H,6-13,16H2,1-5H3,(H,31,32,33). The highest BCUT2D eigenvalue weighted by Gasteiger charge is 2.43. The van der Waals surface area contributed by atoms with Gasteiger partial charge in [-0.3, -0.25) is 14.7 Å². The number of hydrogen-bond donors (Lipinski definition) is 2. The molecule has 1 aromatic heterocycles. The van der Waals surface area contributed by atoms with E-state index in [4.69, 9.17) is 16.3 Å².